The molecule has 2 aromatic heterocycles. The highest BCUT2D eigenvalue weighted by Crippen LogP contribution is 2.34. The van der Waals surface area contributed by atoms with E-state index in [1.807, 2.05) is 0 Å². The summed E-state index contributed by atoms with van der Waals surface area (Å²) in [6, 6.07) is 6.15. The topological polar surface area (TPSA) is 123 Å². The first-order valence-corrected chi connectivity index (χ1v) is 9.85. The minimum absolute atomic E-state index is 0.0237. The summed E-state index contributed by atoms with van der Waals surface area (Å²) >= 11 is 6.79. The van der Waals surface area contributed by atoms with Crippen LogP contribution in [0, 0.1) is 6.92 Å². The number of alkyl halides is 3. The molecule has 0 saturated carbocycles. The first-order valence-electron chi connectivity index (χ1n) is 8.49. The van der Waals surface area contributed by atoms with Crippen molar-refractivity contribution in [1.82, 2.24) is 14.9 Å². The van der Waals surface area contributed by atoms with Crippen LogP contribution in [0.15, 0.2) is 45.0 Å². The van der Waals surface area contributed by atoms with Crippen LogP contribution in [0.2, 0.25) is 5.02 Å². The fraction of sp³-hybridized carbons (Fsp3) is 0.176. The normalized spacial score (nSPS) is 11.8. The predicted molar refractivity (Wildman–Crippen MR) is 111 cm³/mol. The second-order valence-corrected chi connectivity index (χ2v) is 7.37. The summed E-state index contributed by atoms with van der Waals surface area (Å²) in [6.45, 7) is 1.79. The molecular formula is C17H15ClF3N7O2S. The molecular weight excluding hydrogens is 459 g/mol. The van der Waals surface area contributed by atoms with Gasteiger partial charge in [0.15, 0.2) is 0 Å². The Morgan fingerprint density at radius 2 is 2.13 bits per heavy atom. The number of anilines is 2. The van der Waals surface area contributed by atoms with E-state index in [1.165, 1.54) is 6.21 Å². The van der Waals surface area contributed by atoms with Gasteiger partial charge in [-0.25, -0.2) is 10.1 Å². The monoisotopic (exact) mass is 473 g/mol. The Hall–Kier alpha value is -3.19. The fourth-order valence-electron chi connectivity index (χ4n) is 2.24. The smallest absolute Gasteiger partial charge is 0.416 e. The van der Waals surface area contributed by atoms with Crippen LogP contribution in [-0.2, 0) is 11.0 Å². The quantitative estimate of drug-likeness (QED) is 0.207. The number of carbonyl (C=O) groups is 1. The summed E-state index contributed by atoms with van der Waals surface area (Å²) in [5.74, 6) is 6.40. The van der Waals surface area contributed by atoms with Gasteiger partial charge < -0.3 is 15.6 Å². The van der Waals surface area contributed by atoms with Crippen molar-refractivity contribution in [1.29, 1.82) is 0 Å². The Kier molecular flexibility index (Phi) is 6.75. The minimum Gasteiger partial charge on any atom is -0.460 e. The number of nitrogen functional groups attached to an aromatic ring is 1. The van der Waals surface area contributed by atoms with Gasteiger partial charge in [0.25, 0.3) is 5.95 Å². The van der Waals surface area contributed by atoms with E-state index < -0.39 is 17.6 Å². The lowest BCUT2D eigenvalue weighted by molar-refractivity contribution is -0.137. The van der Waals surface area contributed by atoms with Crippen molar-refractivity contribution in [3.63, 3.8) is 0 Å². The number of benzene rings is 1. The average Bonchev–Trinajstić information content (AvgIpc) is 3.27. The van der Waals surface area contributed by atoms with Crippen molar-refractivity contribution >= 4 is 47.1 Å². The highest BCUT2D eigenvalue weighted by atomic mass is 35.5. The van der Waals surface area contributed by atoms with Gasteiger partial charge >= 0.3 is 6.18 Å². The van der Waals surface area contributed by atoms with Crippen molar-refractivity contribution in [2.45, 2.75) is 18.3 Å². The predicted octanol–water partition coefficient (Wildman–Crippen LogP) is 3.74. The molecule has 1 amide bonds. The molecule has 3 rings (SSSR count). The molecule has 164 valence electrons. The van der Waals surface area contributed by atoms with Crippen LogP contribution in [0.4, 0.5) is 24.8 Å². The van der Waals surface area contributed by atoms with Gasteiger partial charge in [0, 0.05) is 0 Å². The summed E-state index contributed by atoms with van der Waals surface area (Å²) in [7, 11) is 0. The van der Waals surface area contributed by atoms with Crippen LogP contribution in [0.5, 0.6) is 0 Å². The number of hydrazone groups is 1. The first-order chi connectivity index (χ1) is 14.6. The molecule has 0 aliphatic carbocycles. The third-order valence-electron chi connectivity index (χ3n) is 3.68. The maximum Gasteiger partial charge on any atom is 0.416 e. The van der Waals surface area contributed by atoms with E-state index in [9.17, 15) is 18.0 Å². The number of furan rings is 1. The van der Waals surface area contributed by atoms with E-state index in [1.54, 1.807) is 19.1 Å². The zero-order chi connectivity index (χ0) is 22.6. The van der Waals surface area contributed by atoms with Gasteiger partial charge in [-0.05, 0) is 37.3 Å². The van der Waals surface area contributed by atoms with Crippen LogP contribution in [0.25, 0.3) is 0 Å². The number of halogens is 4. The maximum atomic E-state index is 12.8. The lowest BCUT2D eigenvalue weighted by Crippen LogP contribution is -2.17. The summed E-state index contributed by atoms with van der Waals surface area (Å²) in [6.07, 6.45) is -3.14. The highest BCUT2D eigenvalue weighted by molar-refractivity contribution is 7.99. The number of nitrogens with two attached hydrogens (primary N) is 1. The fourth-order valence-corrected chi connectivity index (χ4v) is 3.06. The van der Waals surface area contributed by atoms with E-state index in [-0.39, 0.29) is 27.6 Å². The third-order valence-corrected chi connectivity index (χ3v) is 4.95. The molecule has 2 heterocycles. The number of nitrogens with zero attached hydrogens (tertiary/aromatic N) is 4. The number of amides is 1. The Labute approximate surface area is 182 Å². The second kappa shape index (κ2) is 9.31. The molecule has 3 aromatic rings. The molecule has 9 nitrogen and oxygen atoms in total. The van der Waals surface area contributed by atoms with Gasteiger partial charge in [-0.1, -0.05) is 23.4 Å². The molecule has 31 heavy (non-hydrogen) atoms. The zero-order valence-electron chi connectivity index (χ0n) is 15.8. The summed E-state index contributed by atoms with van der Waals surface area (Å²) in [5, 5.41) is 14.0. The van der Waals surface area contributed by atoms with E-state index in [2.05, 4.69) is 26.0 Å². The van der Waals surface area contributed by atoms with Crippen molar-refractivity contribution < 1.29 is 22.4 Å². The Balaban J connectivity index is 1.57. The molecule has 0 saturated heterocycles. The largest absolute Gasteiger partial charge is 0.460 e. The van der Waals surface area contributed by atoms with Crippen molar-refractivity contribution in [3.8, 4) is 0 Å². The number of hydrogen-bond acceptors (Lipinski definition) is 8. The molecule has 14 heteroatoms. The van der Waals surface area contributed by atoms with Crippen molar-refractivity contribution in [2.75, 3.05) is 22.3 Å². The Bertz CT molecular complexity index is 1110. The maximum absolute atomic E-state index is 12.8. The van der Waals surface area contributed by atoms with E-state index in [4.69, 9.17) is 21.9 Å². The van der Waals surface area contributed by atoms with Crippen LogP contribution in [0.1, 0.15) is 17.1 Å². The Morgan fingerprint density at radius 3 is 2.81 bits per heavy atom. The molecule has 0 spiro atoms. The third kappa shape index (κ3) is 5.92. The van der Waals surface area contributed by atoms with E-state index in [0.29, 0.717) is 5.76 Å². The highest BCUT2D eigenvalue weighted by Gasteiger charge is 2.31. The number of rotatable bonds is 7. The summed E-state index contributed by atoms with van der Waals surface area (Å²) in [5.41, 5.74) is 1.50. The SMILES string of the molecule is Cc1ccc(/C=N/Nc2nnc(SCC(=O)Nc3cc(C(F)(F)F)ccc3Cl)n2N)o1. The average molecular weight is 474 g/mol. The first kappa shape index (κ1) is 22.5. The van der Waals surface area contributed by atoms with Crippen molar-refractivity contribution in [3.05, 3.63) is 52.4 Å². The van der Waals surface area contributed by atoms with Crippen LogP contribution in [0.3, 0.4) is 0 Å². The van der Waals surface area contributed by atoms with Crippen molar-refractivity contribution in [2.24, 2.45) is 5.10 Å². The van der Waals surface area contributed by atoms with Gasteiger partial charge in [-0.15, -0.1) is 10.2 Å². The molecule has 0 radical (unpaired) electrons. The molecule has 0 unspecified atom stereocenters. The zero-order valence-corrected chi connectivity index (χ0v) is 17.3. The lowest BCUT2D eigenvalue weighted by atomic mass is 10.2. The van der Waals surface area contributed by atoms with Crippen LogP contribution in [-0.4, -0.2) is 32.7 Å². The van der Waals surface area contributed by atoms with Gasteiger partial charge in [-0.2, -0.15) is 18.3 Å². The number of thioether (sulfide) groups is 1. The summed E-state index contributed by atoms with van der Waals surface area (Å²) in [4.78, 5) is 12.1. The lowest BCUT2D eigenvalue weighted by Gasteiger charge is -2.11. The van der Waals surface area contributed by atoms with Crippen LogP contribution >= 0.6 is 23.4 Å². The second-order valence-electron chi connectivity index (χ2n) is 6.02. The van der Waals surface area contributed by atoms with Gasteiger partial charge in [0.2, 0.25) is 11.1 Å². The molecule has 0 aliphatic rings. The van der Waals surface area contributed by atoms with E-state index >= 15 is 0 Å². The Morgan fingerprint density at radius 1 is 1.35 bits per heavy atom. The number of aromatic nitrogens is 3. The molecule has 0 bridgehead atoms. The summed E-state index contributed by atoms with van der Waals surface area (Å²) < 4.78 is 44.9. The molecule has 4 N–H and O–H groups in total. The molecule has 0 fully saturated rings. The number of carbonyl (C=O) groups excluding carboxylic acids is 1. The van der Waals surface area contributed by atoms with Gasteiger partial charge in [0.1, 0.15) is 11.5 Å². The molecule has 1 aromatic carbocycles. The van der Waals surface area contributed by atoms with E-state index in [0.717, 1.165) is 40.4 Å². The number of hydrogen-bond donors (Lipinski definition) is 3. The van der Waals surface area contributed by atoms with Gasteiger partial charge in [-0.3, -0.25) is 4.79 Å². The van der Waals surface area contributed by atoms with Crippen LogP contribution < -0.4 is 16.6 Å². The molecule has 0 aliphatic heterocycles. The number of aryl methyl sites for hydroxylation is 1. The molecule has 0 atom stereocenters. The minimum atomic E-state index is -4.56. The standard InChI is InChI=1S/C17H15ClF3N7O2S/c1-9-2-4-11(30-9)7-23-25-15-26-27-16(28(15)22)31-8-14(29)24-13-6-10(17(19,20)21)3-5-12(13)18/h2-7H,8,22H2,1H3,(H,24,29)(H,25,26)/b23-7+. The van der Waals surface area contributed by atoms with Gasteiger partial charge in [0.05, 0.1) is 28.2 Å². The number of nitrogens with one attached hydrogen (secondary N) is 2.